The smallest absolute Gasteiger partial charge is 0.178 e. The number of rotatable bonds is 2. The Morgan fingerprint density at radius 2 is 2.26 bits per heavy atom. The molecule has 6 heteroatoms. The van der Waals surface area contributed by atoms with Crippen LogP contribution >= 0.6 is 12.2 Å². The first-order chi connectivity index (χ1) is 8.96. The highest BCUT2D eigenvalue weighted by Gasteiger charge is 2.28. The summed E-state index contributed by atoms with van der Waals surface area (Å²) in [7, 11) is -2.83. The topological polar surface area (TPSA) is 54.9 Å². The van der Waals surface area contributed by atoms with E-state index in [1.165, 1.54) is 0 Å². The monoisotopic (exact) mass is 296 g/mol. The molecule has 0 bridgehead atoms. The van der Waals surface area contributed by atoms with Crippen molar-refractivity contribution in [2.24, 2.45) is 5.92 Å². The summed E-state index contributed by atoms with van der Waals surface area (Å²) in [6.07, 6.45) is 0.739. The van der Waals surface area contributed by atoms with Crippen LogP contribution in [0.1, 0.15) is 12.0 Å². The number of nitrogens with zero attached hydrogens (tertiary/aromatic N) is 1. The first kappa shape index (κ1) is 12.9. The third-order valence-corrected chi connectivity index (χ3v) is 5.92. The van der Waals surface area contributed by atoms with E-state index in [9.17, 15) is 8.42 Å². The van der Waals surface area contributed by atoms with E-state index in [1.54, 1.807) is 0 Å². The zero-order valence-corrected chi connectivity index (χ0v) is 12.4. The van der Waals surface area contributed by atoms with Crippen LogP contribution in [0.4, 0.5) is 0 Å². The number of sulfone groups is 1. The van der Waals surface area contributed by atoms with Crippen molar-refractivity contribution in [1.29, 1.82) is 0 Å². The van der Waals surface area contributed by atoms with Crippen molar-refractivity contribution < 1.29 is 8.42 Å². The van der Waals surface area contributed by atoms with Gasteiger partial charge in [0.2, 0.25) is 0 Å². The Bertz CT molecular complexity index is 787. The van der Waals surface area contributed by atoms with Crippen molar-refractivity contribution in [2.75, 3.05) is 11.5 Å². The van der Waals surface area contributed by atoms with E-state index >= 15 is 0 Å². The number of aryl methyl sites for hydroxylation is 1. The predicted molar refractivity (Wildman–Crippen MR) is 78.6 cm³/mol. The summed E-state index contributed by atoms with van der Waals surface area (Å²) in [4.78, 5) is 3.19. The summed E-state index contributed by atoms with van der Waals surface area (Å²) < 4.78 is 25.8. The van der Waals surface area contributed by atoms with E-state index < -0.39 is 9.84 Å². The summed E-state index contributed by atoms with van der Waals surface area (Å²) in [5.74, 6) is 0.773. The van der Waals surface area contributed by atoms with E-state index in [-0.39, 0.29) is 11.7 Å². The van der Waals surface area contributed by atoms with Gasteiger partial charge in [-0.25, -0.2) is 8.42 Å². The molecule has 3 rings (SSSR count). The Hall–Kier alpha value is -1.14. The van der Waals surface area contributed by atoms with Crippen LogP contribution in [0.5, 0.6) is 0 Å². The SMILES string of the molecule is Cc1cccc2[nH]c(=S)n(CC3CCS(=O)(=O)C3)c12. The number of H-pyrrole nitrogens is 1. The molecule has 1 fully saturated rings. The van der Waals surface area contributed by atoms with Crippen LogP contribution in [0.25, 0.3) is 11.0 Å². The van der Waals surface area contributed by atoms with Crippen LogP contribution in [0.15, 0.2) is 18.2 Å². The number of nitrogens with one attached hydrogen (secondary N) is 1. The van der Waals surface area contributed by atoms with Gasteiger partial charge < -0.3 is 9.55 Å². The number of para-hydroxylation sites is 1. The molecule has 1 aromatic heterocycles. The van der Waals surface area contributed by atoms with Gasteiger partial charge in [-0.3, -0.25) is 0 Å². The predicted octanol–water partition coefficient (Wildman–Crippen LogP) is 2.44. The van der Waals surface area contributed by atoms with Gasteiger partial charge >= 0.3 is 0 Å². The normalized spacial score (nSPS) is 22.1. The van der Waals surface area contributed by atoms with Crippen LogP contribution in [0.3, 0.4) is 0 Å². The third-order valence-electron chi connectivity index (χ3n) is 3.76. The Morgan fingerprint density at radius 3 is 2.95 bits per heavy atom. The number of hydrogen-bond donors (Lipinski definition) is 1. The number of aromatic amines is 1. The number of benzene rings is 1. The van der Waals surface area contributed by atoms with Gasteiger partial charge in [0.1, 0.15) is 0 Å². The van der Waals surface area contributed by atoms with E-state index in [0.717, 1.165) is 23.0 Å². The molecule has 1 aliphatic rings. The van der Waals surface area contributed by atoms with Gasteiger partial charge in [0.05, 0.1) is 22.5 Å². The van der Waals surface area contributed by atoms with Crippen molar-refractivity contribution in [3.8, 4) is 0 Å². The maximum Gasteiger partial charge on any atom is 0.178 e. The minimum absolute atomic E-state index is 0.176. The zero-order chi connectivity index (χ0) is 13.6. The molecule has 0 saturated carbocycles. The molecule has 102 valence electrons. The Balaban J connectivity index is 2.02. The fourth-order valence-electron chi connectivity index (χ4n) is 2.85. The molecular formula is C13H16N2O2S2. The second kappa shape index (κ2) is 4.45. The number of imidazole rings is 1. The fourth-order valence-corrected chi connectivity index (χ4v) is 4.98. The van der Waals surface area contributed by atoms with Crippen molar-refractivity contribution in [1.82, 2.24) is 9.55 Å². The van der Waals surface area contributed by atoms with Crippen molar-refractivity contribution in [3.63, 3.8) is 0 Å². The quantitative estimate of drug-likeness (QED) is 0.866. The Kier molecular flexibility index (Phi) is 3.02. The first-order valence-corrected chi connectivity index (χ1v) is 8.58. The Labute approximate surface area is 117 Å². The summed E-state index contributed by atoms with van der Waals surface area (Å²) in [6, 6.07) is 6.04. The summed E-state index contributed by atoms with van der Waals surface area (Å²) >= 11 is 5.36. The molecular weight excluding hydrogens is 280 g/mol. The van der Waals surface area contributed by atoms with Gasteiger partial charge in [0.25, 0.3) is 0 Å². The molecule has 1 saturated heterocycles. The van der Waals surface area contributed by atoms with Crippen LogP contribution in [0, 0.1) is 17.6 Å². The van der Waals surface area contributed by atoms with Gasteiger partial charge in [0, 0.05) is 6.54 Å². The molecule has 0 spiro atoms. The highest BCUT2D eigenvalue weighted by atomic mass is 32.2. The molecule has 0 radical (unpaired) electrons. The van der Waals surface area contributed by atoms with Gasteiger partial charge in [0.15, 0.2) is 14.6 Å². The molecule has 1 atom stereocenters. The number of hydrogen-bond acceptors (Lipinski definition) is 3. The van der Waals surface area contributed by atoms with E-state index in [1.807, 2.05) is 29.7 Å². The molecule has 0 aliphatic carbocycles. The third kappa shape index (κ3) is 2.34. The van der Waals surface area contributed by atoms with Crippen molar-refractivity contribution >= 4 is 33.1 Å². The molecule has 1 aliphatic heterocycles. The van der Waals surface area contributed by atoms with Crippen molar-refractivity contribution in [3.05, 3.63) is 28.5 Å². The maximum atomic E-state index is 11.5. The lowest BCUT2D eigenvalue weighted by Crippen LogP contribution is -2.12. The average molecular weight is 296 g/mol. The van der Waals surface area contributed by atoms with Gasteiger partial charge in [-0.2, -0.15) is 0 Å². The first-order valence-electron chi connectivity index (χ1n) is 6.35. The standard InChI is InChI=1S/C13H16N2O2S2/c1-9-3-2-4-11-12(9)15(13(18)14-11)7-10-5-6-19(16,17)8-10/h2-4,10H,5-8H2,1H3,(H,14,18). The highest BCUT2D eigenvalue weighted by molar-refractivity contribution is 7.91. The molecule has 1 N–H and O–H groups in total. The lowest BCUT2D eigenvalue weighted by Gasteiger charge is -2.11. The average Bonchev–Trinajstić information content (AvgIpc) is 2.81. The lowest BCUT2D eigenvalue weighted by atomic mass is 10.1. The second-order valence-corrected chi connectivity index (χ2v) is 7.90. The van der Waals surface area contributed by atoms with Crippen LogP contribution in [0.2, 0.25) is 0 Å². The summed E-state index contributed by atoms with van der Waals surface area (Å²) in [5, 5.41) is 0. The summed E-state index contributed by atoms with van der Waals surface area (Å²) in [5.41, 5.74) is 3.27. The maximum absolute atomic E-state index is 11.5. The van der Waals surface area contributed by atoms with Crippen LogP contribution < -0.4 is 0 Å². The molecule has 2 aromatic rings. The van der Waals surface area contributed by atoms with Crippen molar-refractivity contribution in [2.45, 2.75) is 19.9 Å². The lowest BCUT2D eigenvalue weighted by molar-refractivity contribution is 0.495. The largest absolute Gasteiger partial charge is 0.331 e. The second-order valence-electron chi connectivity index (χ2n) is 5.28. The zero-order valence-electron chi connectivity index (χ0n) is 10.7. The molecule has 1 aromatic carbocycles. The van der Waals surface area contributed by atoms with Gasteiger partial charge in [-0.15, -0.1) is 0 Å². The summed E-state index contributed by atoms with van der Waals surface area (Å²) in [6.45, 7) is 2.73. The highest BCUT2D eigenvalue weighted by Crippen LogP contribution is 2.24. The van der Waals surface area contributed by atoms with E-state index in [2.05, 4.69) is 4.98 Å². The molecule has 4 nitrogen and oxygen atoms in total. The minimum Gasteiger partial charge on any atom is -0.331 e. The number of fused-ring (bicyclic) bond motifs is 1. The molecule has 0 amide bonds. The molecule has 2 heterocycles. The Morgan fingerprint density at radius 1 is 1.47 bits per heavy atom. The fraction of sp³-hybridized carbons (Fsp3) is 0.462. The minimum atomic E-state index is -2.83. The van der Waals surface area contributed by atoms with Gasteiger partial charge in [-0.05, 0) is 43.1 Å². The van der Waals surface area contributed by atoms with E-state index in [0.29, 0.717) is 17.1 Å². The van der Waals surface area contributed by atoms with Crippen LogP contribution in [-0.2, 0) is 16.4 Å². The molecule has 19 heavy (non-hydrogen) atoms. The van der Waals surface area contributed by atoms with Crippen LogP contribution in [-0.4, -0.2) is 29.5 Å². The van der Waals surface area contributed by atoms with Gasteiger partial charge in [-0.1, -0.05) is 12.1 Å². The van der Waals surface area contributed by atoms with E-state index in [4.69, 9.17) is 12.2 Å². The number of aromatic nitrogens is 2. The molecule has 1 unspecified atom stereocenters.